The molecule has 3 heteroatoms. The minimum absolute atomic E-state index is 0.275. The van der Waals surface area contributed by atoms with Gasteiger partial charge in [0.2, 0.25) is 0 Å². The third-order valence-corrected chi connectivity index (χ3v) is 4.39. The summed E-state index contributed by atoms with van der Waals surface area (Å²) in [5.41, 5.74) is 10.2. The third-order valence-electron chi connectivity index (χ3n) is 4.39. The summed E-state index contributed by atoms with van der Waals surface area (Å²) in [5, 5.41) is 0. The number of rotatable bonds is 6. The van der Waals surface area contributed by atoms with Crippen LogP contribution in [-0.2, 0) is 11.2 Å². The summed E-state index contributed by atoms with van der Waals surface area (Å²) in [6, 6.07) is 7.09. The van der Waals surface area contributed by atoms with Crippen molar-refractivity contribution in [2.45, 2.75) is 39.2 Å². The Hall–Kier alpha value is -1.06. The van der Waals surface area contributed by atoms with Crippen LogP contribution < -0.4 is 10.6 Å². The van der Waals surface area contributed by atoms with Gasteiger partial charge in [-0.3, -0.25) is 0 Å². The summed E-state index contributed by atoms with van der Waals surface area (Å²) < 4.78 is 5.27. The fourth-order valence-corrected chi connectivity index (χ4v) is 2.97. The topological polar surface area (TPSA) is 38.5 Å². The maximum absolute atomic E-state index is 6.06. The average molecular weight is 276 g/mol. The van der Waals surface area contributed by atoms with Crippen LogP contribution in [0.25, 0.3) is 0 Å². The van der Waals surface area contributed by atoms with Gasteiger partial charge in [-0.1, -0.05) is 13.0 Å². The van der Waals surface area contributed by atoms with Gasteiger partial charge in [0.15, 0.2) is 0 Å². The molecule has 1 saturated heterocycles. The largest absolute Gasteiger partial charge is 0.384 e. The van der Waals surface area contributed by atoms with Crippen LogP contribution in [0.15, 0.2) is 18.2 Å². The van der Waals surface area contributed by atoms with Crippen molar-refractivity contribution in [1.82, 2.24) is 0 Å². The molecule has 3 nitrogen and oxygen atoms in total. The van der Waals surface area contributed by atoms with E-state index in [0.717, 1.165) is 32.5 Å². The van der Waals surface area contributed by atoms with Gasteiger partial charge in [-0.15, -0.1) is 0 Å². The van der Waals surface area contributed by atoms with Crippen LogP contribution in [0.3, 0.4) is 0 Å². The normalized spacial score (nSPS) is 20.4. The molecule has 0 bridgehead atoms. The minimum Gasteiger partial charge on any atom is -0.384 e. The Morgan fingerprint density at radius 1 is 1.45 bits per heavy atom. The molecule has 2 rings (SSSR count). The van der Waals surface area contributed by atoms with Crippen molar-refractivity contribution >= 4 is 5.69 Å². The van der Waals surface area contributed by atoms with E-state index in [1.807, 2.05) is 0 Å². The first-order valence-corrected chi connectivity index (χ1v) is 7.73. The standard InChI is InChI=1S/C17H28N2O/c1-4-16(18)10-15-5-6-17(9-13(15)2)19-8-7-14(11-19)12-20-3/h5-6,9,14,16H,4,7-8,10-12,18H2,1-3H3. The van der Waals surface area contributed by atoms with Crippen molar-refractivity contribution in [3.05, 3.63) is 29.3 Å². The number of hydrogen-bond acceptors (Lipinski definition) is 3. The smallest absolute Gasteiger partial charge is 0.0508 e. The van der Waals surface area contributed by atoms with Crippen molar-refractivity contribution in [3.63, 3.8) is 0 Å². The predicted octanol–water partition coefficient (Wildman–Crippen LogP) is 2.75. The highest BCUT2D eigenvalue weighted by Gasteiger charge is 2.22. The quantitative estimate of drug-likeness (QED) is 0.868. The molecular formula is C17H28N2O. The van der Waals surface area contributed by atoms with E-state index < -0.39 is 0 Å². The van der Waals surface area contributed by atoms with Gasteiger partial charge in [0, 0.05) is 37.8 Å². The van der Waals surface area contributed by atoms with E-state index >= 15 is 0 Å². The molecule has 0 saturated carbocycles. The summed E-state index contributed by atoms with van der Waals surface area (Å²) >= 11 is 0. The number of nitrogens with two attached hydrogens (primary N) is 1. The van der Waals surface area contributed by atoms with Gasteiger partial charge >= 0.3 is 0 Å². The lowest BCUT2D eigenvalue weighted by Gasteiger charge is -2.21. The first-order valence-electron chi connectivity index (χ1n) is 7.73. The molecule has 2 N–H and O–H groups in total. The van der Waals surface area contributed by atoms with Crippen LogP contribution in [0, 0.1) is 12.8 Å². The van der Waals surface area contributed by atoms with E-state index in [2.05, 4.69) is 36.9 Å². The molecule has 1 heterocycles. The van der Waals surface area contributed by atoms with Crippen LogP contribution in [-0.4, -0.2) is 32.8 Å². The maximum Gasteiger partial charge on any atom is 0.0508 e. The van der Waals surface area contributed by atoms with Crippen LogP contribution in [0.2, 0.25) is 0 Å². The molecule has 1 aromatic carbocycles. The van der Waals surface area contributed by atoms with Gasteiger partial charge < -0.3 is 15.4 Å². The lowest BCUT2D eigenvalue weighted by molar-refractivity contribution is 0.161. The number of nitrogens with zero attached hydrogens (tertiary/aromatic N) is 1. The molecule has 2 unspecified atom stereocenters. The Kier molecular flexibility index (Phi) is 5.44. The molecule has 1 aliphatic heterocycles. The minimum atomic E-state index is 0.275. The number of hydrogen-bond donors (Lipinski definition) is 1. The number of anilines is 1. The Morgan fingerprint density at radius 3 is 2.90 bits per heavy atom. The Morgan fingerprint density at radius 2 is 2.25 bits per heavy atom. The molecule has 0 aromatic heterocycles. The second-order valence-corrected chi connectivity index (χ2v) is 6.04. The van der Waals surface area contributed by atoms with E-state index in [1.165, 1.54) is 23.2 Å². The average Bonchev–Trinajstić information content (AvgIpc) is 2.90. The molecule has 0 spiro atoms. The third kappa shape index (κ3) is 3.74. The van der Waals surface area contributed by atoms with Gasteiger partial charge in [-0.05, 0) is 49.4 Å². The van der Waals surface area contributed by atoms with Gasteiger partial charge in [-0.25, -0.2) is 0 Å². The molecule has 0 radical (unpaired) electrons. The number of aryl methyl sites for hydroxylation is 1. The van der Waals surface area contributed by atoms with Crippen LogP contribution in [0.4, 0.5) is 5.69 Å². The van der Waals surface area contributed by atoms with Crippen molar-refractivity contribution in [3.8, 4) is 0 Å². The first kappa shape index (κ1) is 15.3. The fraction of sp³-hybridized carbons (Fsp3) is 0.647. The van der Waals surface area contributed by atoms with Gasteiger partial charge in [0.1, 0.15) is 0 Å². The summed E-state index contributed by atoms with van der Waals surface area (Å²) in [6.45, 7) is 7.47. The van der Waals surface area contributed by atoms with Crippen molar-refractivity contribution < 1.29 is 4.74 Å². The molecule has 0 aliphatic carbocycles. The Labute approximate surface area is 123 Å². The van der Waals surface area contributed by atoms with Crippen molar-refractivity contribution in [1.29, 1.82) is 0 Å². The summed E-state index contributed by atoms with van der Waals surface area (Å²) in [5.74, 6) is 0.675. The number of ether oxygens (including phenoxy) is 1. The maximum atomic E-state index is 6.06. The van der Waals surface area contributed by atoms with E-state index in [0.29, 0.717) is 5.92 Å². The lowest BCUT2D eigenvalue weighted by Crippen LogP contribution is -2.23. The molecular weight excluding hydrogens is 248 g/mol. The Balaban J connectivity index is 2.02. The second-order valence-electron chi connectivity index (χ2n) is 6.04. The Bertz CT molecular complexity index is 433. The van der Waals surface area contributed by atoms with Crippen LogP contribution in [0.1, 0.15) is 30.9 Å². The van der Waals surface area contributed by atoms with Gasteiger partial charge in [0.25, 0.3) is 0 Å². The summed E-state index contributed by atoms with van der Waals surface area (Å²) in [7, 11) is 1.79. The zero-order valence-electron chi connectivity index (χ0n) is 13.1. The van der Waals surface area contributed by atoms with Crippen molar-refractivity contribution in [2.75, 3.05) is 31.7 Å². The summed E-state index contributed by atoms with van der Waals surface area (Å²) in [6.07, 6.45) is 3.25. The molecule has 1 fully saturated rings. The number of methoxy groups -OCH3 is 1. The molecule has 1 aromatic rings. The molecule has 0 amide bonds. The van der Waals surface area contributed by atoms with E-state index in [9.17, 15) is 0 Å². The zero-order chi connectivity index (χ0) is 14.5. The highest BCUT2D eigenvalue weighted by atomic mass is 16.5. The van der Waals surface area contributed by atoms with Crippen LogP contribution in [0.5, 0.6) is 0 Å². The SMILES string of the molecule is CCC(N)Cc1ccc(N2CCC(COC)C2)cc1C. The van der Waals surface area contributed by atoms with Crippen LogP contribution >= 0.6 is 0 Å². The van der Waals surface area contributed by atoms with E-state index in [1.54, 1.807) is 7.11 Å². The monoisotopic (exact) mass is 276 g/mol. The highest BCUT2D eigenvalue weighted by molar-refractivity contribution is 5.51. The van der Waals surface area contributed by atoms with E-state index in [4.69, 9.17) is 10.5 Å². The second kappa shape index (κ2) is 7.09. The van der Waals surface area contributed by atoms with Gasteiger partial charge in [-0.2, -0.15) is 0 Å². The molecule has 112 valence electrons. The van der Waals surface area contributed by atoms with Crippen molar-refractivity contribution in [2.24, 2.45) is 11.7 Å². The lowest BCUT2D eigenvalue weighted by atomic mass is 9.99. The fourth-order valence-electron chi connectivity index (χ4n) is 2.97. The molecule has 2 atom stereocenters. The summed E-state index contributed by atoms with van der Waals surface area (Å²) in [4.78, 5) is 2.47. The number of benzene rings is 1. The molecule has 1 aliphatic rings. The van der Waals surface area contributed by atoms with Gasteiger partial charge in [0.05, 0.1) is 6.61 Å². The zero-order valence-corrected chi connectivity index (χ0v) is 13.1. The highest BCUT2D eigenvalue weighted by Crippen LogP contribution is 2.26. The molecule has 20 heavy (non-hydrogen) atoms. The van der Waals surface area contributed by atoms with E-state index in [-0.39, 0.29) is 6.04 Å². The predicted molar refractivity (Wildman–Crippen MR) is 85.3 cm³/mol. The first-order chi connectivity index (χ1) is 9.63.